The molecule has 1 aromatic carbocycles. The molecule has 0 unspecified atom stereocenters. The Morgan fingerprint density at radius 2 is 2.10 bits per heavy atom. The first-order valence-electron chi connectivity index (χ1n) is 6.15. The van der Waals surface area contributed by atoms with Crippen LogP contribution in [-0.4, -0.2) is 26.8 Å². The Kier molecular flexibility index (Phi) is 2.74. The largest absolute Gasteiger partial charge is 0.478 e. The van der Waals surface area contributed by atoms with E-state index in [0.29, 0.717) is 11.3 Å². The molecule has 7 heteroatoms. The van der Waals surface area contributed by atoms with Gasteiger partial charge in [-0.05, 0) is 31.0 Å². The minimum absolute atomic E-state index is 0.0387. The summed E-state index contributed by atoms with van der Waals surface area (Å²) in [7, 11) is 0. The summed E-state index contributed by atoms with van der Waals surface area (Å²) in [5, 5.41) is 8.94. The van der Waals surface area contributed by atoms with E-state index in [4.69, 9.17) is 5.11 Å². The van der Waals surface area contributed by atoms with E-state index in [1.807, 2.05) is 0 Å². The third-order valence-electron chi connectivity index (χ3n) is 3.30. The van der Waals surface area contributed by atoms with Crippen molar-refractivity contribution >= 4 is 17.0 Å². The van der Waals surface area contributed by atoms with E-state index in [2.05, 4.69) is 4.98 Å². The Morgan fingerprint density at radius 1 is 1.40 bits per heavy atom. The first kappa shape index (κ1) is 13.0. The lowest BCUT2D eigenvalue weighted by atomic mass is 10.2. The summed E-state index contributed by atoms with van der Waals surface area (Å²) in [6.45, 7) is -1.14. The standard InChI is InChI=1S/C13H11F3N2O2/c14-13(15,16)6-18-10-5-8(12(19)20)3-4-9(10)17-11(18)7-1-2-7/h3-5,7H,1-2,6H2,(H,19,20). The van der Waals surface area contributed by atoms with Crippen LogP contribution in [0.2, 0.25) is 0 Å². The summed E-state index contributed by atoms with van der Waals surface area (Å²) < 4.78 is 39.2. The molecule has 1 aliphatic rings. The average molecular weight is 284 g/mol. The quantitative estimate of drug-likeness (QED) is 0.941. The Hall–Kier alpha value is -2.05. The summed E-state index contributed by atoms with van der Waals surface area (Å²) in [6.07, 6.45) is -2.71. The number of halogens is 3. The average Bonchev–Trinajstić information content (AvgIpc) is 3.12. The fraction of sp³-hybridized carbons (Fsp3) is 0.385. The molecule has 3 rings (SSSR count). The first-order valence-corrected chi connectivity index (χ1v) is 6.15. The van der Waals surface area contributed by atoms with Crippen LogP contribution in [-0.2, 0) is 6.54 Å². The molecule has 0 bridgehead atoms. The molecular formula is C13H11F3N2O2. The van der Waals surface area contributed by atoms with Crippen LogP contribution in [0.4, 0.5) is 13.2 Å². The fourth-order valence-electron chi connectivity index (χ4n) is 2.27. The van der Waals surface area contributed by atoms with Gasteiger partial charge in [-0.25, -0.2) is 9.78 Å². The number of rotatable bonds is 3. The van der Waals surface area contributed by atoms with Gasteiger partial charge in [0.1, 0.15) is 12.4 Å². The van der Waals surface area contributed by atoms with Gasteiger partial charge in [0, 0.05) is 5.92 Å². The van der Waals surface area contributed by atoms with Gasteiger partial charge in [-0.1, -0.05) is 0 Å². The predicted molar refractivity (Wildman–Crippen MR) is 64.7 cm³/mol. The highest BCUT2D eigenvalue weighted by Crippen LogP contribution is 2.41. The molecule has 0 aliphatic heterocycles. The van der Waals surface area contributed by atoms with Crippen molar-refractivity contribution in [2.24, 2.45) is 0 Å². The molecule has 0 radical (unpaired) electrons. The van der Waals surface area contributed by atoms with E-state index in [-0.39, 0.29) is 17.0 Å². The van der Waals surface area contributed by atoms with Gasteiger partial charge < -0.3 is 9.67 Å². The van der Waals surface area contributed by atoms with Crippen molar-refractivity contribution in [3.8, 4) is 0 Å². The van der Waals surface area contributed by atoms with Crippen LogP contribution < -0.4 is 0 Å². The second-order valence-corrected chi connectivity index (χ2v) is 4.95. The molecule has 106 valence electrons. The zero-order chi connectivity index (χ0) is 14.5. The van der Waals surface area contributed by atoms with Crippen LogP contribution >= 0.6 is 0 Å². The molecule has 1 fully saturated rings. The number of benzene rings is 1. The molecule has 0 spiro atoms. The van der Waals surface area contributed by atoms with Crippen molar-refractivity contribution in [3.05, 3.63) is 29.6 Å². The molecule has 1 saturated carbocycles. The minimum atomic E-state index is -4.36. The SMILES string of the molecule is O=C(O)c1ccc2nc(C3CC3)n(CC(F)(F)F)c2c1. The van der Waals surface area contributed by atoms with Gasteiger partial charge in [-0.3, -0.25) is 0 Å². The molecule has 1 heterocycles. The van der Waals surface area contributed by atoms with Crippen LogP contribution in [0.3, 0.4) is 0 Å². The lowest BCUT2D eigenvalue weighted by Gasteiger charge is -2.11. The second kappa shape index (κ2) is 4.22. The number of aromatic nitrogens is 2. The smallest absolute Gasteiger partial charge is 0.406 e. The van der Waals surface area contributed by atoms with E-state index in [9.17, 15) is 18.0 Å². The van der Waals surface area contributed by atoms with Crippen molar-refractivity contribution in [1.29, 1.82) is 0 Å². The number of carboxylic acids is 1. The number of fused-ring (bicyclic) bond motifs is 1. The van der Waals surface area contributed by atoms with Gasteiger partial charge in [0.05, 0.1) is 16.6 Å². The van der Waals surface area contributed by atoms with Crippen LogP contribution in [0.5, 0.6) is 0 Å². The van der Waals surface area contributed by atoms with Crippen LogP contribution in [0.15, 0.2) is 18.2 Å². The Bertz CT molecular complexity index is 687. The number of aromatic carboxylic acids is 1. The second-order valence-electron chi connectivity index (χ2n) is 4.95. The molecule has 2 aromatic rings. The summed E-state index contributed by atoms with van der Waals surface area (Å²) in [4.78, 5) is 15.2. The zero-order valence-corrected chi connectivity index (χ0v) is 10.3. The first-order chi connectivity index (χ1) is 9.35. The van der Waals surface area contributed by atoms with Gasteiger partial charge in [0.15, 0.2) is 0 Å². The fourth-order valence-corrected chi connectivity index (χ4v) is 2.27. The molecule has 1 aliphatic carbocycles. The summed E-state index contributed by atoms with van der Waals surface area (Å²) in [5.41, 5.74) is 0.591. The minimum Gasteiger partial charge on any atom is -0.478 e. The number of hydrogen-bond acceptors (Lipinski definition) is 2. The van der Waals surface area contributed by atoms with Crippen LogP contribution in [0.1, 0.15) is 34.9 Å². The molecule has 1 aromatic heterocycles. The number of carboxylic acid groups (broad SMARTS) is 1. The summed E-state index contributed by atoms with van der Waals surface area (Å²) >= 11 is 0. The van der Waals surface area contributed by atoms with Gasteiger partial charge in [0.2, 0.25) is 0 Å². The topological polar surface area (TPSA) is 55.1 Å². The summed E-state index contributed by atoms with van der Waals surface area (Å²) in [6, 6.07) is 4.06. The maximum Gasteiger partial charge on any atom is 0.406 e. The molecule has 0 amide bonds. The normalized spacial score (nSPS) is 15.8. The van der Waals surface area contributed by atoms with Crippen molar-refractivity contribution in [2.45, 2.75) is 31.5 Å². The van der Waals surface area contributed by atoms with E-state index in [1.165, 1.54) is 18.2 Å². The molecule has 0 atom stereocenters. The number of carbonyl (C=O) groups is 1. The highest BCUT2D eigenvalue weighted by Gasteiger charge is 2.35. The summed E-state index contributed by atoms with van der Waals surface area (Å²) in [5.74, 6) is -0.711. The molecule has 1 N–H and O–H groups in total. The molecule has 4 nitrogen and oxygen atoms in total. The Morgan fingerprint density at radius 3 is 2.65 bits per heavy atom. The number of nitrogens with zero attached hydrogens (tertiary/aromatic N) is 2. The number of imidazole rings is 1. The van der Waals surface area contributed by atoms with E-state index >= 15 is 0 Å². The highest BCUT2D eigenvalue weighted by atomic mass is 19.4. The van der Waals surface area contributed by atoms with Gasteiger partial charge in [-0.15, -0.1) is 0 Å². The molecule has 20 heavy (non-hydrogen) atoms. The van der Waals surface area contributed by atoms with E-state index in [0.717, 1.165) is 17.4 Å². The molecular weight excluding hydrogens is 273 g/mol. The lowest BCUT2D eigenvalue weighted by Crippen LogP contribution is -2.19. The maximum absolute atomic E-state index is 12.7. The highest BCUT2D eigenvalue weighted by molar-refractivity contribution is 5.92. The maximum atomic E-state index is 12.7. The van der Waals surface area contributed by atoms with E-state index in [1.54, 1.807) is 0 Å². The van der Waals surface area contributed by atoms with Crippen molar-refractivity contribution in [3.63, 3.8) is 0 Å². The van der Waals surface area contributed by atoms with Crippen LogP contribution in [0, 0.1) is 0 Å². The molecule has 0 saturated heterocycles. The Balaban J connectivity index is 2.17. The third-order valence-corrected chi connectivity index (χ3v) is 3.30. The number of alkyl halides is 3. The predicted octanol–water partition coefficient (Wildman–Crippen LogP) is 3.17. The number of hydrogen-bond donors (Lipinski definition) is 1. The van der Waals surface area contributed by atoms with Crippen LogP contribution in [0.25, 0.3) is 11.0 Å². The lowest BCUT2D eigenvalue weighted by molar-refractivity contribution is -0.140. The zero-order valence-electron chi connectivity index (χ0n) is 10.3. The van der Waals surface area contributed by atoms with Gasteiger partial charge in [0.25, 0.3) is 0 Å². The van der Waals surface area contributed by atoms with E-state index < -0.39 is 18.7 Å². The Labute approximate surface area is 111 Å². The van der Waals surface area contributed by atoms with Crippen molar-refractivity contribution < 1.29 is 23.1 Å². The van der Waals surface area contributed by atoms with Gasteiger partial charge in [-0.2, -0.15) is 13.2 Å². The van der Waals surface area contributed by atoms with Crippen molar-refractivity contribution in [1.82, 2.24) is 9.55 Å². The van der Waals surface area contributed by atoms with Gasteiger partial charge >= 0.3 is 12.1 Å². The van der Waals surface area contributed by atoms with Crippen molar-refractivity contribution in [2.75, 3.05) is 0 Å². The monoisotopic (exact) mass is 284 g/mol. The third kappa shape index (κ3) is 2.35.